The average Bonchev–Trinajstić information content (AvgIpc) is 2.91. The highest BCUT2D eigenvalue weighted by atomic mass is 16.2. The number of rotatable bonds is 7. The van der Waals surface area contributed by atoms with Gasteiger partial charge in [-0.25, -0.2) is 0 Å². The van der Waals surface area contributed by atoms with Crippen LogP contribution in [0.25, 0.3) is 0 Å². The minimum absolute atomic E-state index is 0.00133. The SMILES string of the molecule is C[C@H](CCc1ccccc1)NC(=O)CN1C(=O)C(c2ccccc2)=NC1(C)C. The topological polar surface area (TPSA) is 61.8 Å². The van der Waals surface area contributed by atoms with Crippen molar-refractivity contribution in [3.63, 3.8) is 0 Å². The summed E-state index contributed by atoms with van der Waals surface area (Å²) in [6.07, 6.45) is 1.75. The van der Waals surface area contributed by atoms with Crippen molar-refractivity contribution in [2.24, 2.45) is 4.99 Å². The number of hydrogen-bond donors (Lipinski definition) is 1. The molecule has 1 atom stereocenters. The lowest BCUT2D eigenvalue weighted by atomic mass is 10.1. The second-order valence-corrected chi connectivity index (χ2v) is 7.70. The van der Waals surface area contributed by atoms with Crippen LogP contribution in [0.2, 0.25) is 0 Å². The Bertz CT molecular complexity index is 860. The molecule has 0 aliphatic carbocycles. The zero-order chi connectivity index (χ0) is 20.1. The minimum Gasteiger partial charge on any atom is -0.352 e. The predicted octanol–water partition coefficient (Wildman–Crippen LogP) is 3.19. The first-order valence-corrected chi connectivity index (χ1v) is 9.67. The molecule has 5 nitrogen and oxygen atoms in total. The van der Waals surface area contributed by atoms with Crippen molar-refractivity contribution in [2.75, 3.05) is 6.54 Å². The Morgan fingerprint density at radius 2 is 1.68 bits per heavy atom. The van der Waals surface area contributed by atoms with Gasteiger partial charge in [-0.05, 0) is 39.2 Å². The van der Waals surface area contributed by atoms with Crippen molar-refractivity contribution < 1.29 is 9.59 Å². The fourth-order valence-electron chi connectivity index (χ4n) is 3.37. The van der Waals surface area contributed by atoms with E-state index >= 15 is 0 Å². The first kappa shape index (κ1) is 19.8. The van der Waals surface area contributed by atoms with Gasteiger partial charge in [-0.2, -0.15) is 0 Å². The van der Waals surface area contributed by atoms with Crippen LogP contribution in [0, 0.1) is 0 Å². The number of amides is 2. The molecule has 0 fully saturated rings. The molecule has 1 N–H and O–H groups in total. The first-order valence-electron chi connectivity index (χ1n) is 9.67. The van der Waals surface area contributed by atoms with Crippen molar-refractivity contribution >= 4 is 17.5 Å². The second kappa shape index (κ2) is 8.38. The van der Waals surface area contributed by atoms with E-state index in [2.05, 4.69) is 22.4 Å². The quantitative estimate of drug-likeness (QED) is 0.805. The molecule has 1 aliphatic heterocycles. The summed E-state index contributed by atoms with van der Waals surface area (Å²) >= 11 is 0. The zero-order valence-corrected chi connectivity index (χ0v) is 16.7. The molecule has 5 heteroatoms. The van der Waals surface area contributed by atoms with E-state index in [1.54, 1.807) is 0 Å². The number of carbonyl (C=O) groups excluding carboxylic acids is 2. The number of carbonyl (C=O) groups is 2. The fraction of sp³-hybridized carbons (Fsp3) is 0.348. The van der Waals surface area contributed by atoms with Crippen LogP contribution in [0.3, 0.4) is 0 Å². The molecule has 28 heavy (non-hydrogen) atoms. The molecular weight excluding hydrogens is 350 g/mol. The monoisotopic (exact) mass is 377 g/mol. The number of benzene rings is 2. The summed E-state index contributed by atoms with van der Waals surface area (Å²) in [7, 11) is 0. The Kier molecular flexibility index (Phi) is 5.93. The molecule has 2 aromatic rings. The van der Waals surface area contributed by atoms with Crippen molar-refractivity contribution in [2.45, 2.75) is 45.3 Å². The molecule has 1 heterocycles. The van der Waals surface area contributed by atoms with Crippen molar-refractivity contribution in [1.29, 1.82) is 0 Å². The van der Waals surface area contributed by atoms with Gasteiger partial charge in [-0.15, -0.1) is 0 Å². The highest BCUT2D eigenvalue weighted by Gasteiger charge is 2.41. The largest absolute Gasteiger partial charge is 0.352 e. The lowest BCUT2D eigenvalue weighted by Gasteiger charge is -2.29. The van der Waals surface area contributed by atoms with Gasteiger partial charge in [0.25, 0.3) is 5.91 Å². The third kappa shape index (κ3) is 4.66. The standard InChI is InChI=1S/C23H27N3O2/c1-17(14-15-18-10-6-4-7-11-18)24-20(27)16-26-22(28)21(25-23(26,2)3)19-12-8-5-9-13-19/h4-13,17H,14-16H2,1-3H3,(H,24,27)/t17-/m1/s1. The van der Waals surface area contributed by atoms with E-state index in [1.807, 2.05) is 69.3 Å². The number of nitrogens with one attached hydrogen (secondary N) is 1. The van der Waals surface area contributed by atoms with Gasteiger partial charge in [-0.3, -0.25) is 14.6 Å². The van der Waals surface area contributed by atoms with Gasteiger partial charge in [0.1, 0.15) is 17.9 Å². The maximum atomic E-state index is 12.9. The molecule has 0 bridgehead atoms. The van der Waals surface area contributed by atoms with E-state index in [0.29, 0.717) is 5.71 Å². The summed E-state index contributed by atoms with van der Waals surface area (Å²) < 4.78 is 0. The lowest BCUT2D eigenvalue weighted by Crippen LogP contribution is -2.49. The molecule has 3 rings (SSSR count). The summed E-state index contributed by atoms with van der Waals surface area (Å²) in [6, 6.07) is 19.6. The van der Waals surface area contributed by atoms with Gasteiger partial charge in [-0.1, -0.05) is 60.7 Å². The molecule has 0 saturated carbocycles. The van der Waals surface area contributed by atoms with Crippen LogP contribution >= 0.6 is 0 Å². The maximum absolute atomic E-state index is 12.9. The maximum Gasteiger partial charge on any atom is 0.275 e. The van der Waals surface area contributed by atoms with Crippen LogP contribution in [0.1, 0.15) is 38.3 Å². The predicted molar refractivity (Wildman–Crippen MR) is 111 cm³/mol. The number of aryl methyl sites for hydroxylation is 1. The van der Waals surface area contributed by atoms with E-state index in [9.17, 15) is 9.59 Å². The van der Waals surface area contributed by atoms with E-state index in [4.69, 9.17) is 0 Å². The molecule has 0 saturated heterocycles. The van der Waals surface area contributed by atoms with Crippen molar-refractivity contribution in [3.8, 4) is 0 Å². The molecule has 2 amide bonds. The summed E-state index contributed by atoms with van der Waals surface area (Å²) in [4.78, 5) is 31.5. The van der Waals surface area contributed by atoms with Gasteiger partial charge in [0.15, 0.2) is 0 Å². The number of nitrogens with zero attached hydrogens (tertiary/aromatic N) is 2. The van der Waals surface area contributed by atoms with Crippen LogP contribution in [-0.2, 0) is 16.0 Å². The molecule has 146 valence electrons. The molecular formula is C23H27N3O2. The average molecular weight is 377 g/mol. The molecule has 0 unspecified atom stereocenters. The first-order chi connectivity index (χ1) is 13.4. The van der Waals surface area contributed by atoms with Gasteiger partial charge in [0, 0.05) is 11.6 Å². The minimum atomic E-state index is -0.743. The smallest absolute Gasteiger partial charge is 0.275 e. The zero-order valence-electron chi connectivity index (χ0n) is 16.7. The Hall–Kier alpha value is -2.95. The Labute approximate surface area is 166 Å². The Balaban J connectivity index is 1.57. The van der Waals surface area contributed by atoms with Crippen LogP contribution in [0.15, 0.2) is 65.7 Å². The van der Waals surface area contributed by atoms with Gasteiger partial charge < -0.3 is 10.2 Å². The summed E-state index contributed by atoms with van der Waals surface area (Å²) in [5, 5.41) is 3.01. The van der Waals surface area contributed by atoms with Crippen molar-refractivity contribution in [3.05, 3.63) is 71.8 Å². The number of aliphatic imine (C=N–C) groups is 1. The summed E-state index contributed by atoms with van der Waals surface area (Å²) in [5.41, 5.74) is 1.70. The fourth-order valence-corrected chi connectivity index (χ4v) is 3.37. The molecule has 0 spiro atoms. The van der Waals surface area contributed by atoms with Crippen LogP contribution < -0.4 is 5.32 Å². The Morgan fingerprint density at radius 1 is 1.07 bits per heavy atom. The number of hydrogen-bond acceptors (Lipinski definition) is 3. The summed E-state index contributed by atoms with van der Waals surface area (Å²) in [5.74, 6) is -0.366. The third-order valence-electron chi connectivity index (χ3n) is 4.96. The van der Waals surface area contributed by atoms with Gasteiger partial charge >= 0.3 is 0 Å². The van der Waals surface area contributed by atoms with Gasteiger partial charge in [0.2, 0.25) is 5.91 Å². The van der Waals surface area contributed by atoms with Crippen molar-refractivity contribution in [1.82, 2.24) is 10.2 Å². The van der Waals surface area contributed by atoms with Crippen LogP contribution in [0.4, 0.5) is 0 Å². The molecule has 2 aromatic carbocycles. The van der Waals surface area contributed by atoms with E-state index in [1.165, 1.54) is 10.5 Å². The van der Waals surface area contributed by atoms with E-state index < -0.39 is 5.66 Å². The lowest BCUT2D eigenvalue weighted by molar-refractivity contribution is -0.134. The van der Waals surface area contributed by atoms with E-state index in [0.717, 1.165) is 18.4 Å². The normalized spacial score (nSPS) is 16.6. The van der Waals surface area contributed by atoms with Gasteiger partial charge in [0.05, 0.1) is 0 Å². The molecule has 1 aliphatic rings. The highest BCUT2D eigenvalue weighted by Crippen LogP contribution is 2.26. The molecule has 0 aromatic heterocycles. The van der Waals surface area contributed by atoms with E-state index in [-0.39, 0.29) is 24.4 Å². The highest BCUT2D eigenvalue weighted by molar-refractivity contribution is 6.46. The third-order valence-corrected chi connectivity index (χ3v) is 4.96. The summed E-state index contributed by atoms with van der Waals surface area (Å²) in [6.45, 7) is 5.70. The molecule has 0 radical (unpaired) electrons. The van der Waals surface area contributed by atoms with Crippen LogP contribution in [-0.4, -0.2) is 40.7 Å². The second-order valence-electron chi connectivity index (χ2n) is 7.70. The Morgan fingerprint density at radius 3 is 2.32 bits per heavy atom. The van der Waals surface area contributed by atoms with Crippen LogP contribution in [0.5, 0.6) is 0 Å².